The first kappa shape index (κ1) is 23.9. The number of benzene rings is 2. The van der Waals surface area contributed by atoms with Gasteiger partial charge in [0.05, 0.1) is 37.0 Å². The van der Waals surface area contributed by atoms with Gasteiger partial charge in [0.2, 0.25) is 0 Å². The summed E-state index contributed by atoms with van der Waals surface area (Å²) in [6.07, 6.45) is -1.29. The minimum absolute atomic E-state index is 0.0833. The van der Waals surface area contributed by atoms with E-state index in [1.807, 2.05) is 6.07 Å². The highest BCUT2D eigenvalue weighted by atomic mass is 31.2. The number of para-hydroxylation sites is 1. The zero-order valence-electron chi connectivity index (χ0n) is 18.0. The van der Waals surface area contributed by atoms with Crippen LogP contribution in [0.1, 0.15) is 25.5 Å². The number of hydrogen-bond acceptors (Lipinski definition) is 9. The van der Waals surface area contributed by atoms with E-state index in [0.717, 1.165) is 0 Å². The normalized spacial score (nSPS) is 20.8. The van der Waals surface area contributed by atoms with Gasteiger partial charge in [-0.05, 0) is 31.5 Å². The fourth-order valence-corrected chi connectivity index (χ4v) is 5.97. The predicted molar refractivity (Wildman–Crippen MR) is 116 cm³/mol. The van der Waals surface area contributed by atoms with Gasteiger partial charge in [-0.3, -0.25) is 19.5 Å². The summed E-state index contributed by atoms with van der Waals surface area (Å²) >= 11 is 0. The Labute approximate surface area is 185 Å². The van der Waals surface area contributed by atoms with Crippen molar-refractivity contribution < 1.29 is 32.9 Å². The van der Waals surface area contributed by atoms with Crippen LogP contribution in [-0.2, 0) is 28.0 Å². The van der Waals surface area contributed by atoms with Crippen molar-refractivity contribution in [2.75, 3.05) is 25.4 Å². The first-order valence-electron chi connectivity index (χ1n) is 10.1. The van der Waals surface area contributed by atoms with Crippen molar-refractivity contribution in [3.8, 4) is 0 Å². The third kappa shape index (κ3) is 4.68. The van der Waals surface area contributed by atoms with E-state index in [1.165, 1.54) is 36.4 Å². The summed E-state index contributed by atoms with van der Waals surface area (Å²) in [7, 11) is -2.69. The Morgan fingerprint density at radius 1 is 1.09 bits per heavy atom. The van der Waals surface area contributed by atoms with Crippen LogP contribution in [0.15, 0.2) is 54.6 Å². The van der Waals surface area contributed by atoms with E-state index in [9.17, 15) is 19.5 Å². The van der Waals surface area contributed by atoms with Gasteiger partial charge >= 0.3 is 13.6 Å². The van der Waals surface area contributed by atoms with Crippen LogP contribution in [0.25, 0.3) is 0 Å². The second kappa shape index (κ2) is 10.2. The number of nitro groups is 1. The standard InChI is InChI=1S/C21H25N2O8P/c1-4-29-32(27,30-5-2)20-18(15-11-13-17(14-12-15)23(25)26)22(16-9-7-6-8-10-16)31-19(20)21(24)28-3/h6-14,18-20H,4-5H2,1-3H3/t18-,19-,20-/m1/s1. The van der Waals surface area contributed by atoms with Gasteiger partial charge in [-0.25, -0.2) is 9.86 Å². The van der Waals surface area contributed by atoms with E-state index < -0.39 is 36.3 Å². The Balaban J connectivity index is 2.19. The predicted octanol–water partition coefficient (Wildman–Crippen LogP) is 4.26. The van der Waals surface area contributed by atoms with Crippen LogP contribution >= 0.6 is 7.60 Å². The molecule has 3 rings (SSSR count). The maximum Gasteiger partial charge on any atom is 0.339 e. The molecule has 2 aromatic rings. The Hall–Kier alpha value is -2.78. The number of hydrogen-bond donors (Lipinski definition) is 0. The quantitative estimate of drug-likeness (QED) is 0.232. The number of nitro benzene ring substituents is 1. The van der Waals surface area contributed by atoms with Gasteiger partial charge in [-0.2, -0.15) is 0 Å². The van der Waals surface area contributed by atoms with Crippen molar-refractivity contribution >= 4 is 24.9 Å². The van der Waals surface area contributed by atoms with Crippen molar-refractivity contribution in [3.63, 3.8) is 0 Å². The SMILES string of the molecule is CCOP(=O)(OCC)[C@@H]1[C@@H](c2ccc([N+](=O)[O-])cc2)N(c2ccccc2)O[C@H]1C(=O)OC. The van der Waals surface area contributed by atoms with Gasteiger partial charge in [-0.1, -0.05) is 30.3 Å². The topological polar surface area (TPSA) is 117 Å². The molecule has 1 fully saturated rings. The van der Waals surface area contributed by atoms with Crippen LogP contribution < -0.4 is 5.06 Å². The molecule has 32 heavy (non-hydrogen) atoms. The number of carbonyl (C=O) groups is 1. The summed E-state index contributed by atoms with van der Waals surface area (Å²) in [6, 6.07) is 13.9. The zero-order chi connectivity index (χ0) is 23.3. The molecule has 1 aliphatic heterocycles. The molecule has 0 radical (unpaired) electrons. The number of carbonyl (C=O) groups excluding carboxylic acids is 1. The second-order valence-corrected chi connectivity index (χ2v) is 9.06. The van der Waals surface area contributed by atoms with Gasteiger partial charge in [0, 0.05) is 12.1 Å². The van der Waals surface area contributed by atoms with Crippen molar-refractivity contribution in [1.82, 2.24) is 0 Å². The van der Waals surface area contributed by atoms with E-state index in [-0.39, 0.29) is 18.9 Å². The maximum atomic E-state index is 13.9. The monoisotopic (exact) mass is 464 g/mol. The highest BCUT2D eigenvalue weighted by Gasteiger charge is 2.58. The summed E-state index contributed by atoms with van der Waals surface area (Å²) in [5, 5.41) is 12.6. The number of ether oxygens (including phenoxy) is 1. The average molecular weight is 464 g/mol. The summed E-state index contributed by atoms with van der Waals surface area (Å²) < 4.78 is 30.0. The number of anilines is 1. The molecule has 1 saturated heterocycles. The van der Waals surface area contributed by atoms with Gasteiger partial charge in [-0.15, -0.1) is 0 Å². The van der Waals surface area contributed by atoms with Crippen LogP contribution in [0.2, 0.25) is 0 Å². The van der Waals surface area contributed by atoms with Crippen molar-refractivity contribution in [2.24, 2.45) is 0 Å². The summed E-state index contributed by atoms with van der Waals surface area (Å²) in [5.41, 5.74) is -0.0587. The van der Waals surface area contributed by atoms with Crippen LogP contribution in [0.3, 0.4) is 0 Å². The Kier molecular flexibility index (Phi) is 7.63. The van der Waals surface area contributed by atoms with E-state index in [2.05, 4.69) is 0 Å². The average Bonchev–Trinajstić information content (AvgIpc) is 3.21. The maximum absolute atomic E-state index is 13.9. The van der Waals surface area contributed by atoms with E-state index in [0.29, 0.717) is 11.3 Å². The number of esters is 1. The summed E-state index contributed by atoms with van der Waals surface area (Å²) in [5.74, 6) is -0.736. The first-order chi connectivity index (χ1) is 15.4. The molecule has 2 aromatic carbocycles. The number of nitrogens with zero attached hydrogens (tertiary/aromatic N) is 2. The minimum atomic E-state index is -3.90. The van der Waals surface area contributed by atoms with Crippen LogP contribution in [0.4, 0.5) is 11.4 Å². The molecule has 1 aliphatic rings. The number of methoxy groups -OCH3 is 1. The molecule has 0 saturated carbocycles. The van der Waals surface area contributed by atoms with Gasteiger partial charge in [0.1, 0.15) is 5.66 Å². The largest absolute Gasteiger partial charge is 0.467 e. The molecule has 0 aromatic heterocycles. The van der Waals surface area contributed by atoms with Crippen molar-refractivity contribution in [2.45, 2.75) is 31.7 Å². The molecule has 10 nitrogen and oxygen atoms in total. The first-order valence-corrected chi connectivity index (χ1v) is 11.7. The third-order valence-corrected chi connectivity index (χ3v) is 7.51. The fourth-order valence-electron chi connectivity index (χ4n) is 3.68. The molecule has 0 spiro atoms. The van der Waals surface area contributed by atoms with E-state index >= 15 is 0 Å². The number of hydroxylamine groups is 1. The van der Waals surface area contributed by atoms with Gasteiger partial charge in [0.15, 0.2) is 6.10 Å². The van der Waals surface area contributed by atoms with Crippen molar-refractivity contribution in [3.05, 3.63) is 70.3 Å². The lowest BCUT2D eigenvalue weighted by atomic mass is 10.00. The smallest absolute Gasteiger partial charge is 0.339 e. The molecular formula is C21H25N2O8P. The summed E-state index contributed by atoms with van der Waals surface area (Å²) in [4.78, 5) is 29.3. The van der Waals surface area contributed by atoms with E-state index in [1.54, 1.807) is 38.1 Å². The molecule has 0 amide bonds. The lowest BCUT2D eigenvalue weighted by molar-refractivity contribution is -0.384. The lowest BCUT2D eigenvalue weighted by Gasteiger charge is -2.30. The fraction of sp³-hybridized carbons (Fsp3) is 0.381. The second-order valence-electron chi connectivity index (χ2n) is 6.87. The van der Waals surface area contributed by atoms with Crippen LogP contribution in [-0.4, -0.2) is 43.0 Å². The van der Waals surface area contributed by atoms with Crippen LogP contribution in [0.5, 0.6) is 0 Å². The molecule has 0 bridgehead atoms. The zero-order valence-corrected chi connectivity index (χ0v) is 18.8. The molecular weight excluding hydrogens is 439 g/mol. The Bertz CT molecular complexity index is 975. The van der Waals surface area contributed by atoms with Gasteiger partial charge in [0.25, 0.3) is 5.69 Å². The highest BCUT2D eigenvalue weighted by molar-refractivity contribution is 7.54. The minimum Gasteiger partial charge on any atom is -0.467 e. The van der Waals surface area contributed by atoms with E-state index in [4.69, 9.17) is 18.6 Å². The lowest BCUT2D eigenvalue weighted by Crippen LogP contribution is -2.35. The molecule has 3 atom stereocenters. The number of non-ortho nitro benzene ring substituents is 1. The Morgan fingerprint density at radius 3 is 2.19 bits per heavy atom. The van der Waals surface area contributed by atoms with Gasteiger partial charge < -0.3 is 13.8 Å². The molecule has 1 heterocycles. The Morgan fingerprint density at radius 2 is 1.69 bits per heavy atom. The molecule has 0 unspecified atom stereocenters. The molecule has 0 N–H and O–H groups in total. The van der Waals surface area contributed by atoms with Crippen LogP contribution in [0, 0.1) is 10.1 Å². The third-order valence-electron chi connectivity index (χ3n) is 4.99. The molecule has 172 valence electrons. The highest BCUT2D eigenvalue weighted by Crippen LogP contribution is 2.62. The summed E-state index contributed by atoms with van der Waals surface area (Å²) in [6.45, 7) is 3.51. The molecule has 0 aliphatic carbocycles. The van der Waals surface area contributed by atoms with Crippen molar-refractivity contribution in [1.29, 1.82) is 0 Å². The molecule has 11 heteroatoms. The number of rotatable bonds is 9.